The molecule has 0 saturated carbocycles. The zero-order valence-electron chi connectivity index (χ0n) is 16.9. The van der Waals surface area contributed by atoms with E-state index in [2.05, 4.69) is 0 Å². The highest BCUT2D eigenvalue weighted by Crippen LogP contribution is 2.39. The Balaban J connectivity index is 1.27. The van der Waals surface area contributed by atoms with Crippen LogP contribution >= 0.6 is 0 Å². The maximum Gasteiger partial charge on any atom is 0.225 e. The number of carbonyl (C=O) groups is 2. The summed E-state index contributed by atoms with van der Waals surface area (Å²) >= 11 is 0. The topological polar surface area (TPSA) is 68.3 Å². The molecule has 1 atom stereocenters. The number of morpholine rings is 1. The van der Waals surface area contributed by atoms with Crippen molar-refractivity contribution in [2.75, 3.05) is 59.2 Å². The van der Waals surface area contributed by atoms with Gasteiger partial charge < -0.3 is 24.0 Å². The fourth-order valence-electron chi connectivity index (χ4n) is 5.18. The van der Waals surface area contributed by atoms with Crippen LogP contribution in [0.15, 0.2) is 0 Å². The maximum atomic E-state index is 12.8. The summed E-state index contributed by atoms with van der Waals surface area (Å²) in [4.78, 5) is 29.4. The molecule has 4 heterocycles. The quantitative estimate of drug-likeness (QED) is 0.725. The number of hydrogen-bond acceptors (Lipinski definition) is 5. The number of ether oxygens (including phenoxy) is 3. The van der Waals surface area contributed by atoms with E-state index in [-0.39, 0.29) is 17.4 Å². The molecule has 0 aromatic heterocycles. The Hall–Kier alpha value is -1.18. The van der Waals surface area contributed by atoms with Gasteiger partial charge in [-0.3, -0.25) is 9.59 Å². The first-order valence-electron chi connectivity index (χ1n) is 11.0. The molecule has 0 bridgehead atoms. The van der Waals surface area contributed by atoms with Crippen molar-refractivity contribution in [1.29, 1.82) is 0 Å². The van der Waals surface area contributed by atoms with Crippen molar-refractivity contribution < 1.29 is 23.8 Å². The van der Waals surface area contributed by atoms with Gasteiger partial charge in [0.25, 0.3) is 0 Å². The molecule has 4 fully saturated rings. The lowest BCUT2D eigenvalue weighted by Crippen LogP contribution is -2.52. The summed E-state index contributed by atoms with van der Waals surface area (Å²) in [5.41, 5.74) is -0.138. The highest BCUT2D eigenvalue weighted by atomic mass is 16.5. The molecular weight excluding hydrogens is 360 g/mol. The van der Waals surface area contributed by atoms with Gasteiger partial charge in [0.2, 0.25) is 11.8 Å². The van der Waals surface area contributed by atoms with Gasteiger partial charge in [-0.2, -0.15) is 0 Å². The smallest absolute Gasteiger partial charge is 0.225 e. The standard InChI is InChI=1S/C21H34N2O5/c24-19(22-8-13-27-14-9-22)15-17-1-12-28-21(16-17)4-6-23(7-5-21)20(25)18-2-10-26-11-3-18/h17-18H,1-16H2. The highest BCUT2D eigenvalue weighted by molar-refractivity contribution is 5.79. The fraction of sp³-hybridized carbons (Fsp3) is 0.905. The molecule has 0 N–H and O–H groups in total. The number of hydrogen-bond donors (Lipinski definition) is 0. The van der Waals surface area contributed by atoms with E-state index in [1.807, 2.05) is 9.80 Å². The molecule has 1 unspecified atom stereocenters. The first-order chi connectivity index (χ1) is 13.7. The molecule has 0 aromatic rings. The molecule has 2 amide bonds. The van der Waals surface area contributed by atoms with Crippen LogP contribution in [-0.4, -0.2) is 86.4 Å². The second-order valence-electron chi connectivity index (χ2n) is 8.80. The lowest BCUT2D eigenvalue weighted by atomic mass is 9.78. The summed E-state index contributed by atoms with van der Waals surface area (Å²) in [6.07, 6.45) is 6.01. The van der Waals surface area contributed by atoms with Crippen LogP contribution in [0.4, 0.5) is 0 Å². The number of amides is 2. The normalized spacial score (nSPS) is 29.1. The molecular formula is C21H34N2O5. The summed E-state index contributed by atoms with van der Waals surface area (Å²) in [5, 5.41) is 0. The van der Waals surface area contributed by atoms with Crippen LogP contribution in [0.25, 0.3) is 0 Å². The SMILES string of the molecule is O=C(CC1CCOC2(CCN(C(=O)C3CCOCC3)CC2)C1)N1CCOCC1. The van der Waals surface area contributed by atoms with Crippen molar-refractivity contribution >= 4 is 11.8 Å². The van der Waals surface area contributed by atoms with Crippen LogP contribution in [0.3, 0.4) is 0 Å². The Morgan fingerprint density at radius 1 is 0.821 bits per heavy atom. The Bertz CT molecular complexity index is 549. The number of carbonyl (C=O) groups excluding carboxylic acids is 2. The minimum atomic E-state index is -0.138. The lowest BCUT2D eigenvalue weighted by molar-refractivity contribution is -0.154. The fourth-order valence-corrected chi connectivity index (χ4v) is 5.18. The monoisotopic (exact) mass is 394 g/mol. The predicted octanol–water partition coefficient (Wildman–Crippen LogP) is 1.45. The third-order valence-corrected chi connectivity index (χ3v) is 6.98. The molecule has 0 aromatic carbocycles. The van der Waals surface area contributed by atoms with Gasteiger partial charge >= 0.3 is 0 Å². The molecule has 1 spiro atoms. The van der Waals surface area contributed by atoms with Crippen LogP contribution in [0, 0.1) is 11.8 Å². The molecule has 4 rings (SSSR count). The molecule has 158 valence electrons. The van der Waals surface area contributed by atoms with Crippen LogP contribution in [-0.2, 0) is 23.8 Å². The zero-order valence-corrected chi connectivity index (χ0v) is 16.9. The van der Waals surface area contributed by atoms with Crippen molar-refractivity contribution in [2.24, 2.45) is 11.8 Å². The van der Waals surface area contributed by atoms with Crippen LogP contribution in [0.1, 0.15) is 44.9 Å². The lowest BCUT2D eigenvalue weighted by Gasteiger charge is -2.47. The van der Waals surface area contributed by atoms with Crippen LogP contribution in [0.2, 0.25) is 0 Å². The molecule has 0 radical (unpaired) electrons. The van der Waals surface area contributed by atoms with E-state index in [1.54, 1.807) is 0 Å². The van der Waals surface area contributed by atoms with Gasteiger partial charge in [-0.15, -0.1) is 0 Å². The highest BCUT2D eigenvalue weighted by Gasteiger charge is 2.42. The molecule has 7 nitrogen and oxygen atoms in total. The Morgan fingerprint density at radius 3 is 2.21 bits per heavy atom. The van der Waals surface area contributed by atoms with Crippen LogP contribution in [0.5, 0.6) is 0 Å². The van der Waals surface area contributed by atoms with Gasteiger partial charge in [0.05, 0.1) is 18.8 Å². The predicted molar refractivity (Wildman–Crippen MR) is 103 cm³/mol. The number of nitrogens with zero attached hydrogens (tertiary/aromatic N) is 2. The minimum absolute atomic E-state index is 0.133. The second kappa shape index (κ2) is 9.09. The van der Waals surface area contributed by atoms with Gasteiger partial charge in [-0.25, -0.2) is 0 Å². The second-order valence-corrected chi connectivity index (χ2v) is 8.80. The number of piperidine rings is 1. The van der Waals surface area contributed by atoms with Crippen molar-refractivity contribution in [2.45, 2.75) is 50.5 Å². The Kier molecular flexibility index (Phi) is 6.53. The summed E-state index contributed by atoms with van der Waals surface area (Å²) in [6, 6.07) is 0. The van der Waals surface area contributed by atoms with E-state index in [1.165, 1.54) is 0 Å². The molecule has 28 heavy (non-hydrogen) atoms. The minimum Gasteiger partial charge on any atom is -0.381 e. The molecule has 7 heteroatoms. The first kappa shape index (κ1) is 20.1. The third kappa shape index (κ3) is 4.69. The van der Waals surface area contributed by atoms with Gasteiger partial charge in [0.15, 0.2) is 0 Å². The summed E-state index contributed by atoms with van der Waals surface area (Å²) in [7, 11) is 0. The van der Waals surface area contributed by atoms with Gasteiger partial charge in [-0.05, 0) is 44.4 Å². The average Bonchev–Trinajstić information content (AvgIpc) is 2.75. The number of rotatable bonds is 3. The van der Waals surface area contributed by atoms with E-state index in [4.69, 9.17) is 14.2 Å². The van der Waals surface area contributed by atoms with Crippen molar-refractivity contribution in [1.82, 2.24) is 9.80 Å². The third-order valence-electron chi connectivity index (χ3n) is 6.98. The van der Waals surface area contributed by atoms with Crippen molar-refractivity contribution in [3.05, 3.63) is 0 Å². The van der Waals surface area contributed by atoms with Crippen LogP contribution < -0.4 is 0 Å². The van der Waals surface area contributed by atoms with E-state index in [0.717, 1.165) is 71.3 Å². The molecule has 4 saturated heterocycles. The van der Waals surface area contributed by atoms with E-state index in [0.29, 0.717) is 44.7 Å². The van der Waals surface area contributed by atoms with Crippen molar-refractivity contribution in [3.63, 3.8) is 0 Å². The average molecular weight is 395 g/mol. The van der Waals surface area contributed by atoms with E-state index < -0.39 is 0 Å². The largest absolute Gasteiger partial charge is 0.381 e. The van der Waals surface area contributed by atoms with E-state index >= 15 is 0 Å². The van der Waals surface area contributed by atoms with Gasteiger partial charge in [-0.1, -0.05) is 0 Å². The summed E-state index contributed by atoms with van der Waals surface area (Å²) in [5.74, 6) is 1.08. The summed E-state index contributed by atoms with van der Waals surface area (Å²) in [6.45, 7) is 6.44. The molecule has 0 aliphatic carbocycles. The maximum absolute atomic E-state index is 12.8. The van der Waals surface area contributed by atoms with Crippen molar-refractivity contribution in [3.8, 4) is 0 Å². The van der Waals surface area contributed by atoms with Gasteiger partial charge in [0.1, 0.15) is 0 Å². The van der Waals surface area contributed by atoms with Gasteiger partial charge in [0, 0.05) is 58.3 Å². The molecule has 4 aliphatic rings. The molecule has 4 aliphatic heterocycles. The Labute approximate surface area is 167 Å². The summed E-state index contributed by atoms with van der Waals surface area (Å²) < 4.78 is 17.0. The first-order valence-corrected chi connectivity index (χ1v) is 11.0. The zero-order chi connectivity index (χ0) is 19.4. The Morgan fingerprint density at radius 2 is 1.50 bits per heavy atom. The van der Waals surface area contributed by atoms with E-state index in [9.17, 15) is 9.59 Å². The number of likely N-dealkylation sites (tertiary alicyclic amines) is 1.